The minimum Gasteiger partial charge on any atom is -0.494 e. The normalized spacial score (nSPS) is 10.9. The van der Waals surface area contributed by atoms with Crippen molar-refractivity contribution in [2.45, 2.75) is 20.8 Å². The van der Waals surface area contributed by atoms with Crippen molar-refractivity contribution in [3.05, 3.63) is 71.3 Å². The number of para-hydroxylation sites is 1. The fourth-order valence-electron chi connectivity index (χ4n) is 3.93. The fraction of sp³-hybridized carbons (Fsp3) is 0.231. The van der Waals surface area contributed by atoms with Crippen molar-refractivity contribution in [3.8, 4) is 5.75 Å². The zero-order valence-corrected chi connectivity index (χ0v) is 19.0. The Hall–Kier alpha value is -3.80. The Balaban J connectivity index is 2.02. The van der Waals surface area contributed by atoms with Gasteiger partial charge >= 0.3 is 6.09 Å². The molecule has 4 aromatic rings. The number of nitrogens with one attached hydrogen (secondary N) is 1. The molecule has 0 saturated heterocycles. The predicted octanol–water partition coefficient (Wildman–Crippen LogP) is 5.77. The predicted molar refractivity (Wildman–Crippen MR) is 129 cm³/mol. The lowest BCUT2D eigenvalue weighted by atomic mass is 10.0. The maximum atomic E-state index is 11.9. The van der Waals surface area contributed by atoms with Gasteiger partial charge in [-0.25, -0.2) is 9.78 Å². The standard InChI is InChI=1S/C26H27N3O3/c1-16-11-19-14-21-23(28-22(19)12-17(16)2)13-18(3)25(31-5)24(21)29(15-32-26(30)27-4)20-9-7-6-8-10-20/h6-14H,15H2,1-5H3,(H,27,30). The summed E-state index contributed by atoms with van der Waals surface area (Å²) in [5.74, 6) is 0.715. The van der Waals surface area contributed by atoms with Gasteiger partial charge in [0.2, 0.25) is 0 Å². The number of rotatable bonds is 5. The zero-order valence-electron chi connectivity index (χ0n) is 19.0. The lowest BCUT2D eigenvalue weighted by molar-refractivity contribution is 0.151. The summed E-state index contributed by atoms with van der Waals surface area (Å²) >= 11 is 0. The molecule has 1 aromatic heterocycles. The van der Waals surface area contributed by atoms with E-state index in [1.165, 1.54) is 18.2 Å². The van der Waals surface area contributed by atoms with Gasteiger partial charge in [0, 0.05) is 23.5 Å². The van der Waals surface area contributed by atoms with E-state index in [9.17, 15) is 4.79 Å². The van der Waals surface area contributed by atoms with Crippen LogP contribution in [0.15, 0.2) is 54.6 Å². The van der Waals surface area contributed by atoms with E-state index < -0.39 is 6.09 Å². The first-order valence-corrected chi connectivity index (χ1v) is 10.5. The molecule has 0 aliphatic heterocycles. The molecule has 3 aromatic carbocycles. The van der Waals surface area contributed by atoms with Crippen molar-refractivity contribution < 1.29 is 14.3 Å². The van der Waals surface area contributed by atoms with Gasteiger partial charge in [-0.2, -0.15) is 0 Å². The molecule has 0 radical (unpaired) electrons. The van der Waals surface area contributed by atoms with Crippen LogP contribution in [-0.4, -0.2) is 32.0 Å². The van der Waals surface area contributed by atoms with E-state index in [0.29, 0.717) is 5.75 Å². The second-order valence-corrected chi connectivity index (χ2v) is 7.83. The molecule has 0 aliphatic carbocycles. The van der Waals surface area contributed by atoms with Crippen LogP contribution in [0.1, 0.15) is 16.7 Å². The van der Waals surface area contributed by atoms with E-state index in [-0.39, 0.29) is 6.73 Å². The number of aryl methyl sites for hydroxylation is 3. The van der Waals surface area contributed by atoms with Gasteiger partial charge in [0.05, 0.1) is 23.8 Å². The summed E-state index contributed by atoms with van der Waals surface area (Å²) in [5, 5.41) is 4.48. The van der Waals surface area contributed by atoms with Gasteiger partial charge in [-0.1, -0.05) is 18.2 Å². The van der Waals surface area contributed by atoms with Crippen LogP contribution in [0, 0.1) is 20.8 Å². The average molecular weight is 430 g/mol. The van der Waals surface area contributed by atoms with E-state index in [1.807, 2.05) is 48.2 Å². The number of alkyl carbamates (subject to hydrolysis) is 1. The quantitative estimate of drug-likeness (QED) is 0.322. The molecule has 1 N–H and O–H groups in total. The molecule has 6 heteroatoms. The number of pyridine rings is 1. The number of carbonyl (C=O) groups is 1. The Morgan fingerprint density at radius 2 is 1.66 bits per heavy atom. The molecule has 6 nitrogen and oxygen atoms in total. The van der Waals surface area contributed by atoms with Crippen molar-refractivity contribution in [1.82, 2.24) is 10.3 Å². The number of hydrogen-bond acceptors (Lipinski definition) is 5. The average Bonchev–Trinajstić information content (AvgIpc) is 2.79. The van der Waals surface area contributed by atoms with Crippen LogP contribution in [0.4, 0.5) is 16.2 Å². The first-order chi connectivity index (χ1) is 15.4. The third kappa shape index (κ3) is 3.91. The molecule has 0 aliphatic rings. The van der Waals surface area contributed by atoms with E-state index in [1.54, 1.807) is 7.11 Å². The molecule has 164 valence electrons. The first kappa shape index (κ1) is 21.4. The summed E-state index contributed by atoms with van der Waals surface area (Å²) in [7, 11) is 3.20. The number of carbonyl (C=O) groups excluding carboxylic acids is 1. The van der Waals surface area contributed by atoms with Gasteiger partial charge in [0.1, 0.15) is 5.75 Å². The van der Waals surface area contributed by atoms with Crippen LogP contribution < -0.4 is 15.0 Å². The summed E-state index contributed by atoms with van der Waals surface area (Å²) in [5.41, 5.74) is 6.86. The molecule has 0 bridgehead atoms. The summed E-state index contributed by atoms with van der Waals surface area (Å²) < 4.78 is 11.3. The van der Waals surface area contributed by atoms with Gasteiger partial charge in [-0.15, -0.1) is 0 Å². The van der Waals surface area contributed by atoms with Gasteiger partial charge in [-0.3, -0.25) is 0 Å². The number of hydrogen-bond donors (Lipinski definition) is 1. The number of nitrogens with zero attached hydrogens (tertiary/aromatic N) is 2. The molecular formula is C26H27N3O3. The maximum absolute atomic E-state index is 11.9. The second-order valence-electron chi connectivity index (χ2n) is 7.83. The van der Waals surface area contributed by atoms with Crippen molar-refractivity contribution in [3.63, 3.8) is 0 Å². The summed E-state index contributed by atoms with van der Waals surface area (Å²) in [6.07, 6.45) is -0.503. The number of benzene rings is 3. The van der Waals surface area contributed by atoms with Crippen molar-refractivity contribution >= 4 is 39.3 Å². The SMILES string of the molecule is CNC(=O)OCN(c1ccccc1)c1c(OC)c(C)cc2nc3cc(C)c(C)cc3cc12. The van der Waals surface area contributed by atoms with Gasteiger partial charge in [0.25, 0.3) is 0 Å². The number of ether oxygens (including phenoxy) is 2. The third-order valence-corrected chi connectivity index (χ3v) is 5.71. The third-order valence-electron chi connectivity index (χ3n) is 5.71. The van der Waals surface area contributed by atoms with Crippen LogP contribution in [0.2, 0.25) is 0 Å². The number of amides is 1. The molecule has 0 fully saturated rings. The number of anilines is 2. The highest BCUT2D eigenvalue weighted by Crippen LogP contribution is 2.43. The Kier molecular flexibility index (Phi) is 5.86. The minimum absolute atomic E-state index is 0.0174. The lowest BCUT2D eigenvalue weighted by Gasteiger charge is -2.28. The number of methoxy groups -OCH3 is 1. The van der Waals surface area contributed by atoms with Gasteiger partial charge < -0.3 is 19.7 Å². The molecule has 1 amide bonds. The van der Waals surface area contributed by atoms with Gasteiger partial charge in [-0.05, 0) is 73.9 Å². The Labute approximate surface area is 187 Å². The van der Waals surface area contributed by atoms with Crippen LogP contribution in [-0.2, 0) is 4.74 Å². The van der Waals surface area contributed by atoms with Crippen LogP contribution >= 0.6 is 0 Å². The first-order valence-electron chi connectivity index (χ1n) is 10.5. The topological polar surface area (TPSA) is 63.7 Å². The van der Waals surface area contributed by atoms with Crippen molar-refractivity contribution in [2.75, 3.05) is 25.8 Å². The summed E-state index contributed by atoms with van der Waals surface area (Å²) in [6, 6.07) is 18.2. The number of aromatic nitrogens is 1. The fourth-order valence-corrected chi connectivity index (χ4v) is 3.93. The highest BCUT2D eigenvalue weighted by atomic mass is 16.6. The van der Waals surface area contributed by atoms with E-state index in [0.717, 1.165) is 38.7 Å². The van der Waals surface area contributed by atoms with E-state index in [4.69, 9.17) is 14.5 Å². The largest absolute Gasteiger partial charge is 0.494 e. The Morgan fingerprint density at radius 3 is 2.34 bits per heavy atom. The van der Waals surface area contributed by atoms with Crippen molar-refractivity contribution in [2.24, 2.45) is 0 Å². The molecule has 1 heterocycles. The van der Waals surface area contributed by atoms with Crippen LogP contribution in [0.5, 0.6) is 5.75 Å². The highest BCUT2D eigenvalue weighted by molar-refractivity contribution is 6.04. The molecular weight excluding hydrogens is 402 g/mol. The molecule has 0 saturated carbocycles. The zero-order chi connectivity index (χ0) is 22.8. The lowest BCUT2D eigenvalue weighted by Crippen LogP contribution is -2.28. The Morgan fingerprint density at radius 1 is 0.969 bits per heavy atom. The molecule has 32 heavy (non-hydrogen) atoms. The van der Waals surface area contributed by atoms with Gasteiger partial charge in [0.15, 0.2) is 6.73 Å². The summed E-state index contributed by atoms with van der Waals surface area (Å²) in [4.78, 5) is 18.8. The monoisotopic (exact) mass is 429 g/mol. The highest BCUT2D eigenvalue weighted by Gasteiger charge is 2.22. The Bertz CT molecular complexity index is 1300. The van der Waals surface area contributed by atoms with Crippen LogP contribution in [0.3, 0.4) is 0 Å². The smallest absolute Gasteiger partial charge is 0.408 e. The van der Waals surface area contributed by atoms with Crippen molar-refractivity contribution in [1.29, 1.82) is 0 Å². The molecule has 4 rings (SSSR count). The molecule has 0 atom stereocenters. The summed E-state index contributed by atoms with van der Waals surface area (Å²) in [6.45, 7) is 6.21. The molecule has 0 spiro atoms. The minimum atomic E-state index is -0.503. The maximum Gasteiger partial charge on any atom is 0.408 e. The van der Waals surface area contributed by atoms with Crippen LogP contribution in [0.25, 0.3) is 21.8 Å². The van der Waals surface area contributed by atoms with E-state index in [2.05, 4.69) is 37.4 Å². The number of fused-ring (bicyclic) bond motifs is 2. The molecule has 0 unspecified atom stereocenters. The van der Waals surface area contributed by atoms with E-state index >= 15 is 0 Å². The second kappa shape index (κ2) is 8.75.